The number of para-hydroxylation sites is 2. The Balaban J connectivity index is 1.42. The van der Waals surface area contributed by atoms with Gasteiger partial charge in [0.2, 0.25) is 0 Å². The molecule has 0 aliphatic carbocycles. The molecule has 5 aromatic carbocycles. The Labute approximate surface area is 224 Å². The number of aromatic amines is 1. The Kier molecular flexibility index (Phi) is 4.70. The minimum absolute atomic E-state index is 0.865. The summed E-state index contributed by atoms with van der Waals surface area (Å²) >= 11 is 1.90. The van der Waals surface area contributed by atoms with Crippen LogP contribution in [0.5, 0.6) is 0 Å². The van der Waals surface area contributed by atoms with Crippen molar-refractivity contribution in [2.24, 2.45) is 0 Å². The molecule has 2 nitrogen and oxygen atoms in total. The zero-order valence-electron chi connectivity index (χ0n) is 20.7. The fraction of sp³-hybridized carbons (Fsp3) is 0.0286. The molecule has 0 saturated carbocycles. The van der Waals surface area contributed by atoms with Crippen LogP contribution in [0.4, 0.5) is 0 Å². The number of rotatable bonds is 1. The van der Waals surface area contributed by atoms with Crippen LogP contribution >= 0.6 is 11.8 Å². The van der Waals surface area contributed by atoms with Gasteiger partial charge < -0.3 is 9.55 Å². The van der Waals surface area contributed by atoms with E-state index in [0.717, 1.165) is 11.3 Å². The van der Waals surface area contributed by atoms with Crippen molar-refractivity contribution in [2.75, 3.05) is 5.75 Å². The Morgan fingerprint density at radius 1 is 0.737 bits per heavy atom. The molecule has 2 aromatic heterocycles. The third kappa shape index (κ3) is 3.15. The lowest BCUT2D eigenvalue weighted by atomic mass is 10.0. The molecule has 1 N–H and O–H groups in total. The van der Waals surface area contributed by atoms with Crippen molar-refractivity contribution in [1.82, 2.24) is 9.55 Å². The van der Waals surface area contributed by atoms with Gasteiger partial charge in [-0.25, -0.2) is 0 Å². The van der Waals surface area contributed by atoms with Crippen molar-refractivity contribution in [3.8, 4) is 5.69 Å². The molecule has 38 heavy (non-hydrogen) atoms. The van der Waals surface area contributed by atoms with Crippen LogP contribution < -0.4 is 10.6 Å². The summed E-state index contributed by atoms with van der Waals surface area (Å²) < 4.78 is 2.42. The fourth-order valence-electron chi connectivity index (χ4n) is 6.00. The highest BCUT2D eigenvalue weighted by Gasteiger charge is 2.17. The second kappa shape index (κ2) is 8.27. The van der Waals surface area contributed by atoms with Gasteiger partial charge >= 0.3 is 0 Å². The number of aromatic nitrogens is 2. The summed E-state index contributed by atoms with van der Waals surface area (Å²) in [6.07, 6.45) is 4.68. The first-order valence-electron chi connectivity index (χ1n) is 12.9. The number of hydrogen-bond donors (Lipinski definition) is 1. The summed E-state index contributed by atoms with van der Waals surface area (Å²) in [5.74, 6) is 0.865. The lowest BCUT2D eigenvalue weighted by molar-refractivity contribution is 1.07. The molecule has 7 aromatic rings. The van der Waals surface area contributed by atoms with E-state index in [4.69, 9.17) is 0 Å². The zero-order valence-corrected chi connectivity index (χ0v) is 21.6. The van der Waals surface area contributed by atoms with E-state index in [1.165, 1.54) is 70.2 Å². The van der Waals surface area contributed by atoms with E-state index in [9.17, 15) is 0 Å². The van der Waals surface area contributed by atoms with Crippen molar-refractivity contribution in [3.05, 3.63) is 126 Å². The molecule has 1 aliphatic heterocycles. The van der Waals surface area contributed by atoms with Gasteiger partial charge in [0.25, 0.3) is 0 Å². The van der Waals surface area contributed by atoms with E-state index in [-0.39, 0.29) is 0 Å². The molecule has 0 saturated heterocycles. The van der Waals surface area contributed by atoms with Crippen molar-refractivity contribution in [2.45, 2.75) is 4.90 Å². The SMILES string of the molecule is C=C1/C=c2\c(n(-c3ccc4ccccc4c3)c3ccccc23)=C/CSc2c1ccc1[nH]c3ccccc3c21. The van der Waals surface area contributed by atoms with Crippen LogP contribution in [0.15, 0.2) is 115 Å². The summed E-state index contributed by atoms with van der Waals surface area (Å²) in [4.78, 5) is 4.90. The number of H-pyrrole nitrogens is 1. The van der Waals surface area contributed by atoms with Crippen LogP contribution in [0.1, 0.15) is 5.56 Å². The molecule has 0 amide bonds. The normalized spacial score (nSPS) is 15.3. The standard InChI is InChI=1S/C35H24N2S/c1-22-20-29-27-10-5-7-13-32(27)37(25-15-14-23-8-2-3-9-24(23)21-25)33(29)18-19-38-35-26(22)16-17-31-34(35)28-11-4-6-12-30(28)36-31/h2-18,20-21,36H,1,19H2/b29-20-,33-18+. The van der Waals surface area contributed by atoms with Gasteiger partial charge in [-0.15, -0.1) is 11.8 Å². The van der Waals surface area contributed by atoms with Gasteiger partial charge in [0.15, 0.2) is 0 Å². The molecule has 0 spiro atoms. The van der Waals surface area contributed by atoms with E-state index < -0.39 is 0 Å². The number of nitrogens with zero attached hydrogens (tertiary/aromatic N) is 1. The second-order valence-corrected chi connectivity index (χ2v) is 10.9. The summed E-state index contributed by atoms with van der Waals surface area (Å²) in [7, 11) is 0. The monoisotopic (exact) mass is 504 g/mol. The van der Waals surface area contributed by atoms with Crippen molar-refractivity contribution in [3.63, 3.8) is 0 Å². The average molecular weight is 505 g/mol. The van der Waals surface area contributed by atoms with Gasteiger partial charge in [-0.05, 0) is 64.4 Å². The molecular weight excluding hydrogens is 480 g/mol. The number of benzene rings is 5. The Morgan fingerprint density at radius 3 is 2.45 bits per heavy atom. The highest BCUT2D eigenvalue weighted by atomic mass is 32.2. The highest BCUT2D eigenvalue weighted by molar-refractivity contribution is 8.00. The third-order valence-electron chi connectivity index (χ3n) is 7.74. The number of nitrogens with one attached hydrogen (secondary N) is 1. The number of fused-ring (bicyclic) bond motifs is 9. The quantitative estimate of drug-likeness (QED) is 0.242. The number of thioether (sulfide) groups is 1. The largest absolute Gasteiger partial charge is 0.354 e. The number of hydrogen-bond acceptors (Lipinski definition) is 1. The molecule has 0 fully saturated rings. The van der Waals surface area contributed by atoms with Gasteiger partial charge in [-0.1, -0.05) is 79.4 Å². The van der Waals surface area contributed by atoms with Crippen molar-refractivity contribution < 1.29 is 0 Å². The van der Waals surface area contributed by atoms with Gasteiger partial charge in [0.1, 0.15) is 0 Å². The maximum Gasteiger partial charge on any atom is 0.0540 e. The van der Waals surface area contributed by atoms with Gasteiger partial charge in [-0.3, -0.25) is 0 Å². The molecule has 1 aliphatic rings. The molecule has 0 bridgehead atoms. The average Bonchev–Trinajstić information content (AvgIpc) is 3.49. The van der Waals surface area contributed by atoms with E-state index in [2.05, 4.69) is 131 Å². The number of allylic oxidation sites excluding steroid dienone is 1. The van der Waals surface area contributed by atoms with Crippen LogP contribution in [0.25, 0.3) is 66.9 Å². The lowest BCUT2D eigenvalue weighted by Crippen LogP contribution is -2.28. The first-order chi connectivity index (χ1) is 18.8. The van der Waals surface area contributed by atoms with Crippen LogP contribution in [-0.4, -0.2) is 15.3 Å². The van der Waals surface area contributed by atoms with Crippen LogP contribution in [0.3, 0.4) is 0 Å². The second-order valence-electron chi connectivity index (χ2n) is 9.90. The highest BCUT2D eigenvalue weighted by Crippen LogP contribution is 2.39. The Hall–Kier alpha value is -4.47. The smallest absolute Gasteiger partial charge is 0.0540 e. The Morgan fingerprint density at radius 2 is 1.53 bits per heavy atom. The molecule has 180 valence electrons. The molecule has 3 heteroatoms. The van der Waals surface area contributed by atoms with Crippen molar-refractivity contribution in [1.29, 1.82) is 0 Å². The first-order valence-corrected chi connectivity index (χ1v) is 13.9. The topological polar surface area (TPSA) is 20.7 Å². The predicted octanol–water partition coefficient (Wildman–Crippen LogP) is 7.80. The molecule has 0 atom stereocenters. The van der Waals surface area contributed by atoms with Crippen LogP contribution in [0, 0.1) is 0 Å². The van der Waals surface area contributed by atoms with Gasteiger partial charge in [0.05, 0.1) is 10.9 Å². The summed E-state index contributed by atoms with van der Waals surface area (Å²) in [5.41, 5.74) is 6.98. The minimum Gasteiger partial charge on any atom is -0.354 e. The van der Waals surface area contributed by atoms with E-state index in [1.807, 2.05) is 11.8 Å². The van der Waals surface area contributed by atoms with Gasteiger partial charge in [0, 0.05) is 48.7 Å². The fourth-order valence-corrected chi connectivity index (χ4v) is 7.13. The minimum atomic E-state index is 0.865. The first kappa shape index (κ1) is 21.6. The Bertz CT molecular complexity index is 2210. The van der Waals surface area contributed by atoms with E-state index >= 15 is 0 Å². The molecule has 3 heterocycles. The van der Waals surface area contributed by atoms with Crippen molar-refractivity contribution >= 4 is 73.0 Å². The molecular formula is C35H24N2S. The molecule has 8 rings (SSSR count). The van der Waals surface area contributed by atoms with Crippen LogP contribution in [0.2, 0.25) is 0 Å². The molecule has 0 unspecified atom stereocenters. The van der Waals surface area contributed by atoms with E-state index in [1.54, 1.807) is 0 Å². The molecule has 0 radical (unpaired) electrons. The van der Waals surface area contributed by atoms with Gasteiger partial charge in [-0.2, -0.15) is 0 Å². The summed E-state index contributed by atoms with van der Waals surface area (Å²) in [5, 5.41) is 8.75. The predicted molar refractivity (Wildman–Crippen MR) is 165 cm³/mol. The maximum absolute atomic E-state index is 4.60. The van der Waals surface area contributed by atoms with E-state index in [0.29, 0.717) is 0 Å². The zero-order chi connectivity index (χ0) is 25.2. The third-order valence-corrected chi connectivity index (χ3v) is 8.78. The summed E-state index contributed by atoms with van der Waals surface area (Å²) in [6.45, 7) is 4.60. The lowest BCUT2D eigenvalue weighted by Gasteiger charge is -2.11. The summed E-state index contributed by atoms with van der Waals surface area (Å²) in [6, 6.07) is 37.1. The van der Waals surface area contributed by atoms with Crippen LogP contribution in [-0.2, 0) is 0 Å². The maximum atomic E-state index is 4.60.